The van der Waals surface area contributed by atoms with E-state index in [2.05, 4.69) is 9.93 Å². The van der Waals surface area contributed by atoms with Gasteiger partial charge in [-0.25, -0.2) is 14.8 Å². The molecule has 0 spiro atoms. The summed E-state index contributed by atoms with van der Waals surface area (Å²) in [5, 5.41) is 10.8. The van der Waals surface area contributed by atoms with Crippen molar-refractivity contribution in [3.63, 3.8) is 0 Å². The summed E-state index contributed by atoms with van der Waals surface area (Å²) in [6.45, 7) is 5.07. The SMILES string of the molecule is CC(C)(C)OC(=O)C=CC(=O)OOO. The minimum atomic E-state index is -1.02. The third kappa shape index (κ3) is 7.26. The number of carbonyl (C=O) groups is 2. The first-order chi connectivity index (χ1) is 6.35. The molecule has 0 aliphatic heterocycles. The average Bonchev–Trinajstić information content (AvgIpc) is 1.98. The van der Waals surface area contributed by atoms with E-state index in [9.17, 15) is 9.59 Å². The molecule has 0 saturated carbocycles. The highest BCUT2D eigenvalue weighted by atomic mass is 17.5. The van der Waals surface area contributed by atoms with Crippen molar-refractivity contribution in [2.24, 2.45) is 0 Å². The highest BCUT2D eigenvalue weighted by molar-refractivity contribution is 5.91. The Bertz CT molecular complexity index is 237. The van der Waals surface area contributed by atoms with E-state index >= 15 is 0 Å². The lowest BCUT2D eigenvalue weighted by Crippen LogP contribution is -2.22. The van der Waals surface area contributed by atoms with Crippen molar-refractivity contribution in [3.8, 4) is 0 Å². The molecule has 0 aliphatic carbocycles. The molecule has 0 bridgehead atoms. The summed E-state index contributed by atoms with van der Waals surface area (Å²) in [5.41, 5.74) is -0.626. The fraction of sp³-hybridized carbons (Fsp3) is 0.500. The van der Waals surface area contributed by atoms with Gasteiger partial charge in [-0.2, -0.15) is 0 Å². The maximum Gasteiger partial charge on any atom is 0.369 e. The van der Waals surface area contributed by atoms with Crippen molar-refractivity contribution in [1.82, 2.24) is 0 Å². The second kappa shape index (κ2) is 5.36. The number of hydrogen-bond donors (Lipinski definition) is 1. The first kappa shape index (κ1) is 12.6. The van der Waals surface area contributed by atoms with Crippen LogP contribution in [-0.2, 0) is 24.3 Å². The van der Waals surface area contributed by atoms with Crippen LogP contribution in [0.5, 0.6) is 0 Å². The molecule has 80 valence electrons. The topological polar surface area (TPSA) is 82.1 Å². The molecule has 1 N–H and O–H groups in total. The molecule has 0 radical (unpaired) electrons. The molecule has 0 aromatic carbocycles. The van der Waals surface area contributed by atoms with E-state index < -0.39 is 17.5 Å². The van der Waals surface area contributed by atoms with Crippen LogP contribution in [0.4, 0.5) is 0 Å². The van der Waals surface area contributed by atoms with E-state index in [1.54, 1.807) is 20.8 Å². The Labute approximate surface area is 80.9 Å². The number of esters is 1. The fourth-order valence-corrected chi connectivity index (χ4v) is 0.536. The van der Waals surface area contributed by atoms with Crippen LogP contribution in [0.3, 0.4) is 0 Å². The Balaban J connectivity index is 4.00. The summed E-state index contributed by atoms with van der Waals surface area (Å²) in [6, 6.07) is 0. The maximum atomic E-state index is 10.9. The first-order valence-corrected chi connectivity index (χ1v) is 3.78. The first-order valence-electron chi connectivity index (χ1n) is 3.78. The molecule has 0 fully saturated rings. The van der Waals surface area contributed by atoms with Gasteiger partial charge in [0.05, 0.1) is 0 Å². The average molecular weight is 204 g/mol. The van der Waals surface area contributed by atoms with Gasteiger partial charge in [-0.05, 0) is 25.8 Å². The molecule has 14 heavy (non-hydrogen) atoms. The van der Waals surface area contributed by atoms with E-state index in [1.165, 1.54) is 0 Å². The molecule has 0 saturated heterocycles. The number of carbonyl (C=O) groups excluding carboxylic acids is 2. The number of hydrogen-bond acceptors (Lipinski definition) is 6. The minimum Gasteiger partial charge on any atom is -0.457 e. The molecule has 0 amide bonds. The van der Waals surface area contributed by atoms with Gasteiger partial charge in [0, 0.05) is 12.2 Å². The van der Waals surface area contributed by atoms with E-state index in [0.717, 1.165) is 12.2 Å². The largest absolute Gasteiger partial charge is 0.457 e. The van der Waals surface area contributed by atoms with Gasteiger partial charge in [0.2, 0.25) is 0 Å². The summed E-state index contributed by atoms with van der Waals surface area (Å²) < 4.78 is 4.83. The Morgan fingerprint density at radius 3 is 2.07 bits per heavy atom. The normalized spacial score (nSPS) is 11.4. The summed E-state index contributed by atoms with van der Waals surface area (Å²) in [7, 11) is 0. The van der Waals surface area contributed by atoms with Crippen LogP contribution in [0.2, 0.25) is 0 Å². The lowest BCUT2D eigenvalue weighted by molar-refractivity contribution is -0.460. The number of rotatable bonds is 3. The molecule has 6 nitrogen and oxygen atoms in total. The molecule has 0 rings (SSSR count). The van der Waals surface area contributed by atoms with Crippen LogP contribution in [-0.4, -0.2) is 22.8 Å². The lowest BCUT2D eigenvalue weighted by Gasteiger charge is -2.17. The molecule has 0 heterocycles. The van der Waals surface area contributed by atoms with Crippen molar-refractivity contribution in [2.75, 3.05) is 0 Å². The van der Waals surface area contributed by atoms with Gasteiger partial charge < -0.3 is 4.74 Å². The summed E-state index contributed by atoms with van der Waals surface area (Å²) in [6.07, 6.45) is 1.64. The molecule has 0 atom stereocenters. The van der Waals surface area contributed by atoms with Crippen molar-refractivity contribution >= 4 is 11.9 Å². The Morgan fingerprint density at radius 1 is 1.14 bits per heavy atom. The Kier molecular flexibility index (Phi) is 4.82. The van der Waals surface area contributed by atoms with Gasteiger partial charge in [-0.1, -0.05) is 0 Å². The van der Waals surface area contributed by atoms with E-state index in [1.807, 2.05) is 0 Å². The lowest BCUT2D eigenvalue weighted by atomic mass is 10.2. The standard InChI is InChI=1S/C8H12O6/c1-8(2,3)12-6(9)4-5-7(10)13-14-11/h4-5,11H,1-3H3. The van der Waals surface area contributed by atoms with Gasteiger partial charge in [0.15, 0.2) is 0 Å². The van der Waals surface area contributed by atoms with Crippen LogP contribution in [0.15, 0.2) is 12.2 Å². The molecule has 0 aliphatic rings. The van der Waals surface area contributed by atoms with Crippen LogP contribution < -0.4 is 0 Å². The van der Waals surface area contributed by atoms with Gasteiger partial charge in [0.1, 0.15) is 5.60 Å². The van der Waals surface area contributed by atoms with Gasteiger partial charge in [-0.3, -0.25) is 4.89 Å². The van der Waals surface area contributed by atoms with Gasteiger partial charge >= 0.3 is 11.9 Å². The third-order valence-electron chi connectivity index (χ3n) is 0.882. The number of ether oxygens (including phenoxy) is 1. The quantitative estimate of drug-likeness (QED) is 0.317. The summed E-state index contributed by atoms with van der Waals surface area (Å²) in [4.78, 5) is 25.1. The second-order valence-electron chi connectivity index (χ2n) is 3.34. The van der Waals surface area contributed by atoms with Crippen LogP contribution in [0.25, 0.3) is 0 Å². The summed E-state index contributed by atoms with van der Waals surface area (Å²) >= 11 is 0. The zero-order chi connectivity index (χ0) is 11.2. The molecule has 6 heteroatoms. The summed E-state index contributed by atoms with van der Waals surface area (Å²) in [5.74, 6) is -1.70. The van der Waals surface area contributed by atoms with Crippen molar-refractivity contribution < 1.29 is 29.5 Å². The Hall–Kier alpha value is -1.40. The monoisotopic (exact) mass is 204 g/mol. The molecular weight excluding hydrogens is 192 g/mol. The molecule has 0 unspecified atom stereocenters. The van der Waals surface area contributed by atoms with Crippen molar-refractivity contribution in [2.45, 2.75) is 26.4 Å². The van der Waals surface area contributed by atoms with E-state index in [4.69, 9.17) is 9.99 Å². The van der Waals surface area contributed by atoms with E-state index in [-0.39, 0.29) is 0 Å². The molecular formula is C8H12O6. The van der Waals surface area contributed by atoms with Gasteiger partial charge in [-0.15, -0.1) is 0 Å². The smallest absolute Gasteiger partial charge is 0.369 e. The highest BCUT2D eigenvalue weighted by Crippen LogP contribution is 2.06. The zero-order valence-corrected chi connectivity index (χ0v) is 8.14. The van der Waals surface area contributed by atoms with E-state index in [0.29, 0.717) is 0 Å². The third-order valence-corrected chi connectivity index (χ3v) is 0.882. The fourth-order valence-electron chi connectivity index (χ4n) is 0.536. The van der Waals surface area contributed by atoms with Crippen molar-refractivity contribution in [3.05, 3.63) is 12.2 Å². The maximum absolute atomic E-state index is 10.9. The minimum absolute atomic E-state index is 0.626. The molecule has 0 aromatic heterocycles. The Morgan fingerprint density at radius 2 is 1.64 bits per heavy atom. The van der Waals surface area contributed by atoms with Crippen LogP contribution >= 0.6 is 0 Å². The second-order valence-corrected chi connectivity index (χ2v) is 3.34. The van der Waals surface area contributed by atoms with Crippen LogP contribution in [0, 0.1) is 0 Å². The zero-order valence-electron chi connectivity index (χ0n) is 8.14. The van der Waals surface area contributed by atoms with Crippen molar-refractivity contribution in [1.29, 1.82) is 0 Å². The van der Waals surface area contributed by atoms with Crippen LogP contribution in [0.1, 0.15) is 20.8 Å². The predicted molar refractivity (Wildman–Crippen MR) is 44.8 cm³/mol. The van der Waals surface area contributed by atoms with Gasteiger partial charge in [0.25, 0.3) is 0 Å². The molecule has 0 aromatic rings. The highest BCUT2D eigenvalue weighted by Gasteiger charge is 2.14. The predicted octanol–water partition coefficient (Wildman–Crippen LogP) is 0.832.